The van der Waals surface area contributed by atoms with Gasteiger partial charge in [0.25, 0.3) is 0 Å². The Kier molecular flexibility index (Phi) is 3.78. The first-order valence-electron chi connectivity index (χ1n) is 4.65. The lowest BCUT2D eigenvalue weighted by molar-refractivity contribution is 0.0967. The standard InChI is InChI=1S/C10H7Cl3N2OS/c1-5-7(11)3-14-15(5)4-8(16)6-2-9(12)17-10(6)13/h2-3H,4H2,1H3. The van der Waals surface area contributed by atoms with E-state index in [1.54, 1.807) is 13.0 Å². The summed E-state index contributed by atoms with van der Waals surface area (Å²) in [5, 5.41) is 4.54. The predicted octanol–water partition coefficient (Wildman–Crippen LogP) is 4.10. The van der Waals surface area contributed by atoms with Gasteiger partial charge in [0.2, 0.25) is 0 Å². The first-order valence-corrected chi connectivity index (χ1v) is 6.60. The van der Waals surface area contributed by atoms with Crippen LogP contribution in [0.3, 0.4) is 0 Å². The van der Waals surface area contributed by atoms with E-state index in [-0.39, 0.29) is 12.3 Å². The van der Waals surface area contributed by atoms with E-state index >= 15 is 0 Å². The number of Topliss-reactive ketones (excluding diaryl/α,β-unsaturated/α-hetero) is 1. The highest BCUT2D eigenvalue weighted by molar-refractivity contribution is 7.20. The van der Waals surface area contributed by atoms with E-state index in [9.17, 15) is 4.79 Å². The van der Waals surface area contributed by atoms with Crippen molar-refractivity contribution in [2.24, 2.45) is 0 Å². The largest absolute Gasteiger partial charge is 0.292 e. The summed E-state index contributed by atoms with van der Waals surface area (Å²) in [6, 6.07) is 1.57. The maximum atomic E-state index is 12.0. The van der Waals surface area contributed by atoms with Crippen LogP contribution in [0.5, 0.6) is 0 Å². The molecule has 2 aromatic rings. The van der Waals surface area contributed by atoms with Gasteiger partial charge in [-0.05, 0) is 13.0 Å². The zero-order valence-corrected chi connectivity index (χ0v) is 11.8. The molecule has 2 aromatic heterocycles. The molecule has 0 bridgehead atoms. The van der Waals surface area contributed by atoms with Crippen molar-refractivity contribution in [2.75, 3.05) is 0 Å². The summed E-state index contributed by atoms with van der Waals surface area (Å²) in [6.45, 7) is 1.90. The van der Waals surface area contributed by atoms with E-state index in [4.69, 9.17) is 34.8 Å². The number of carbonyl (C=O) groups excluding carboxylic acids is 1. The molecule has 0 aliphatic rings. The SMILES string of the molecule is Cc1c(Cl)cnn1CC(=O)c1cc(Cl)sc1Cl. The van der Waals surface area contributed by atoms with Crippen LogP contribution < -0.4 is 0 Å². The molecule has 0 atom stereocenters. The van der Waals surface area contributed by atoms with Crippen molar-refractivity contribution in [3.63, 3.8) is 0 Å². The zero-order chi connectivity index (χ0) is 12.6. The molecule has 0 amide bonds. The Morgan fingerprint density at radius 1 is 1.47 bits per heavy atom. The number of carbonyl (C=O) groups is 1. The number of ketones is 1. The lowest BCUT2D eigenvalue weighted by Crippen LogP contribution is -2.12. The summed E-state index contributed by atoms with van der Waals surface area (Å²) in [7, 11) is 0. The summed E-state index contributed by atoms with van der Waals surface area (Å²) in [5.74, 6) is -0.138. The maximum Gasteiger partial charge on any atom is 0.186 e. The Hall–Kier alpha value is -0.550. The average molecular weight is 310 g/mol. The summed E-state index contributed by atoms with van der Waals surface area (Å²) < 4.78 is 2.43. The molecular formula is C10H7Cl3N2OS. The summed E-state index contributed by atoms with van der Waals surface area (Å²) >= 11 is 18.7. The monoisotopic (exact) mass is 308 g/mol. The minimum atomic E-state index is -0.138. The molecule has 0 spiro atoms. The Balaban J connectivity index is 2.23. The lowest BCUT2D eigenvalue weighted by atomic mass is 10.2. The van der Waals surface area contributed by atoms with Gasteiger partial charge in [0, 0.05) is 0 Å². The molecule has 0 unspecified atom stereocenters. The fraction of sp³-hybridized carbons (Fsp3) is 0.200. The maximum absolute atomic E-state index is 12.0. The number of aromatic nitrogens is 2. The van der Waals surface area contributed by atoms with Crippen molar-refractivity contribution >= 4 is 51.9 Å². The van der Waals surface area contributed by atoms with E-state index in [0.717, 1.165) is 5.69 Å². The molecule has 0 radical (unpaired) electrons. The van der Waals surface area contributed by atoms with Gasteiger partial charge in [-0.1, -0.05) is 34.8 Å². The topological polar surface area (TPSA) is 34.9 Å². The molecule has 17 heavy (non-hydrogen) atoms. The molecule has 0 aliphatic heterocycles. The van der Waals surface area contributed by atoms with E-state index in [0.29, 0.717) is 19.3 Å². The molecule has 0 N–H and O–H groups in total. The number of thiophene rings is 1. The van der Waals surface area contributed by atoms with Gasteiger partial charge in [-0.25, -0.2) is 0 Å². The Labute approximate surface area is 117 Å². The summed E-state index contributed by atoms with van der Waals surface area (Å²) in [4.78, 5) is 12.0. The number of halogens is 3. The fourth-order valence-corrected chi connectivity index (χ4v) is 2.97. The molecule has 0 aromatic carbocycles. The molecule has 90 valence electrons. The van der Waals surface area contributed by atoms with Crippen LogP contribution in [0.15, 0.2) is 12.3 Å². The smallest absolute Gasteiger partial charge is 0.186 e. The van der Waals surface area contributed by atoms with Crippen molar-refractivity contribution < 1.29 is 4.79 Å². The second kappa shape index (κ2) is 4.98. The van der Waals surface area contributed by atoms with Crippen LogP contribution in [-0.4, -0.2) is 15.6 Å². The molecule has 0 saturated heterocycles. The van der Waals surface area contributed by atoms with Crippen LogP contribution in [0.4, 0.5) is 0 Å². The molecule has 0 aliphatic carbocycles. The van der Waals surface area contributed by atoms with Gasteiger partial charge in [-0.15, -0.1) is 11.3 Å². The van der Waals surface area contributed by atoms with Gasteiger partial charge in [0.15, 0.2) is 5.78 Å². The third-order valence-electron chi connectivity index (χ3n) is 2.29. The fourth-order valence-electron chi connectivity index (χ4n) is 1.33. The average Bonchev–Trinajstić information content (AvgIpc) is 2.75. The summed E-state index contributed by atoms with van der Waals surface area (Å²) in [5.41, 5.74) is 1.17. The van der Waals surface area contributed by atoms with Gasteiger partial charge >= 0.3 is 0 Å². The zero-order valence-electron chi connectivity index (χ0n) is 8.71. The van der Waals surface area contributed by atoms with Crippen molar-refractivity contribution in [3.8, 4) is 0 Å². The minimum absolute atomic E-state index is 0.103. The van der Waals surface area contributed by atoms with Crippen molar-refractivity contribution in [1.29, 1.82) is 0 Å². The molecule has 7 heteroatoms. The quantitative estimate of drug-likeness (QED) is 0.800. The van der Waals surface area contributed by atoms with Crippen molar-refractivity contribution in [3.05, 3.63) is 37.2 Å². The predicted molar refractivity (Wildman–Crippen MR) is 70.6 cm³/mol. The highest BCUT2D eigenvalue weighted by atomic mass is 35.5. The van der Waals surface area contributed by atoms with E-state index < -0.39 is 0 Å². The van der Waals surface area contributed by atoms with Crippen LogP contribution in [0.2, 0.25) is 13.7 Å². The summed E-state index contributed by atoms with van der Waals surface area (Å²) in [6.07, 6.45) is 1.51. The lowest BCUT2D eigenvalue weighted by Gasteiger charge is -2.02. The van der Waals surface area contributed by atoms with Gasteiger partial charge < -0.3 is 0 Å². The van der Waals surface area contributed by atoms with Gasteiger partial charge in [-0.2, -0.15) is 5.10 Å². The molecule has 3 nitrogen and oxygen atoms in total. The molecule has 2 heterocycles. The normalized spacial score (nSPS) is 10.8. The van der Waals surface area contributed by atoms with Crippen molar-refractivity contribution in [2.45, 2.75) is 13.5 Å². The van der Waals surface area contributed by atoms with Gasteiger partial charge in [0.1, 0.15) is 10.9 Å². The third-order valence-corrected chi connectivity index (χ3v) is 4.15. The first kappa shape index (κ1) is 12.9. The molecule has 0 saturated carbocycles. The van der Waals surface area contributed by atoms with Gasteiger partial charge in [-0.3, -0.25) is 9.48 Å². The Morgan fingerprint density at radius 2 is 2.18 bits per heavy atom. The van der Waals surface area contributed by atoms with Crippen LogP contribution in [0, 0.1) is 6.92 Å². The van der Waals surface area contributed by atoms with E-state index in [1.165, 1.54) is 22.2 Å². The first-order chi connectivity index (χ1) is 7.99. The Morgan fingerprint density at radius 3 is 2.65 bits per heavy atom. The highest BCUT2D eigenvalue weighted by Gasteiger charge is 2.16. The van der Waals surface area contributed by atoms with E-state index in [1.807, 2.05) is 0 Å². The Bertz CT molecular complexity index is 576. The minimum Gasteiger partial charge on any atom is -0.292 e. The second-order valence-corrected chi connectivity index (χ2v) is 6.09. The van der Waals surface area contributed by atoms with Crippen LogP contribution in [0.25, 0.3) is 0 Å². The van der Waals surface area contributed by atoms with Gasteiger partial charge in [0.05, 0.1) is 26.8 Å². The molecule has 2 rings (SSSR count). The molecular weight excluding hydrogens is 303 g/mol. The van der Waals surface area contributed by atoms with Crippen LogP contribution in [-0.2, 0) is 6.54 Å². The highest BCUT2D eigenvalue weighted by Crippen LogP contribution is 2.31. The number of hydrogen-bond donors (Lipinski definition) is 0. The molecule has 0 fully saturated rings. The third kappa shape index (κ3) is 2.65. The number of hydrogen-bond acceptors (Lipinski definition) is 3. The number of nitrogens with zero attached hydrogens (tertiary/aromatic N) is 2. The van der Waals surface area contributed by atoms with Crippen LogP contribution >= 0.6 is 46.1 Å². The van der Waals surface area contributed by atoms with Crippen molar-refractivity contribution in [1.82, 2.24) is 9.78 Å². The second-order valence-electron chi connectivity index (χ2n) is 3.40. The van der Waals surface area contributed by atoms with E-state index in [2.05, 4.69) is 5.10 Å². The number of rotatable bonds is 3. The van der Waals surface area contributed by atoms with Crippen LogP contribution in [0.1, 0.15) is 16.1 Å².